The molecule has 110 valence electrons. The topological polar surface area (TPSA) is 61.7 Å². The van der Waals surface area contributed by atoms with Crippen molar-refractivity contribution in [1.29, 1.82) is 0 Å². The lowest BCUT2D eigenvalue weighted by Gasteiger charge is -2.11. The minimum atomic E-state index is 0.633. The number of imidazole rings is 1. The summed E-state index contributed by atoms with van der Waals surface area (Å²) in [5.41, 5.74) is 9.13. The molecule has 0 bridgehead atoms. The van der Waals surface area contributed by atoms with Crippen molar-refractivity contribution < 1.29 is 0 Å². The Hall–Kier alpha value is -1.52. The predicted molar refractivity (Wildman–Crippen MR) is 81.5 cm³/mol. The number of hydrogen-bond acceptors (Lipinski definition) is 3. The van der Waals surface area contributed by atoms with Crippen molar-refractivity contribution in [2.45, 2.75) is 65.5 Å². The number of nitrogens with two attached hydrogens (primary N) is 1. The molecule has 1 saturated carbocycles. The number of fused-ring (bicyclic) bond motifs is 1. The van der Waals surface area contributed by atoms with Crippen molar-refractivity contribution in [1.82, 2.24) is 19.3 Å². The molecule has 5 nitrogen and oxygen atoms in total. The second-order valence-electron chi connectivity index (χ2n) is 5.99. The van der Waals surface area contributed by atoms with Gasteiger partial charge in [0.2, 0.25) is 5.95 Å². The molecule has 0 unspecified atom stereocenters. The van der Waals surface area contributed by atoms with E-state index in [1.807, 2.05) is 11.6 Å². The molecular weight excluding hydrogens is 250 g/mol. The van der Waals surface area contributed by atoms with Crippen LogP contribution in [0.5, 0.6) is 0 Å². The van der Waals surface area contributed by atoms with Crippen LogP contribution in [0.15, 0.2) is 0 Å². The van der Waals surface area contributed by atoms with Crippen molar-refractivity contribution in [3.8, 4) is 0 Å². The summed E-state index contributed by atoms with van der Waals surface area (Å²) in [4.78, 5) is 4.49. The molecule has 0 atom stereocenters. The smallest absolute Gasteiger partial charge is 0.202 e. The van der Waals surface area contributed by atoms with E-state index in [0.717, 1.165) is 35.9 Å². The normalized spacial score (nSPS) is 16.5. The summed E-state index contributed by atoms with van der Waals surface area (Å²) in [6.07, 6.45) is 8.18. The Morgan fingerprint density at radius 1 is 1.30 bits per heavy atom. The fraction of sp³-hybridized carbons (Fsp3) is 0.733. The molecule has 2 aromatic heterocycles. The van der Waals surface area contributed by atoms with Crippen LogP contribution in [0.4, 0.5) is 5.95 Å². The van der Waals surface area contributed by atoms with Gasteiger partial charge in [-0.15, -0.1) is 0 Å². The highest BCUT2D eigenvalue weighted by molar-refractivity contribution is 5.77. The van der Waals surface area contributed by atoms with E-state index < -0.39 is 0 Å². The van der Waals surface area contributed by atoms with E-state index in [2.05, 4.69) is 21.6 Å². The van der Waals surface area contributed by atoms with Gasteiger partial charge in [0, 0.05) is 13.1 Å². The summed E-state index contributed by atoms with van der Waals surface area (Å²) in [7, 11) is 0. The van der Waals surface area contributed by atoms with Crippen LogP contribution in [0.25, 0.3) is 11.2 Å². The van der Waals surface area contributed by atoms with Gasteiger partial charge in [-0.2, -0.15) is 5.10 Å². The standard InChI is InChI=1S/C15H25N5/c1-3-20-14-13(11(2)18-20)17-15(16)19(14)10-6-9-12-7-4-5-8-12/h12H,3-10H2,1-2H3,(H2,16,17). The van der Waals surface area contributed by atoms with Gasteiger partial charge >= 0.3 is 0 Å². The molecule has 20 heavy (non-hydrogen) atoms. The van der Waals surface area contributed by atoms with Gasteiger partial charge in [0.05, 0.1) is 5.69 Å². The minimum absolute atomic E-state index is 0.633. The van der Waals surface area contributed by atoms with E-state index >= 15 is 0 Å². The Morgan fingerprint density at radius 3 is 2.75 bits per heavy atom. The maximum absolute atomic E-state index is 6.10. The lowest BCUT2D eigenvalue weighted by Crippen LogP contribution is -2.09. The molecule has 0 aromatic carbocycles. The van der Waals surface area contributed by atoms with E-state index in [9.17, 15) is 0 Å². The summed E-state index contributed by atoms with van der Waals surface area (Å²) in [6, 6.07) is 0. The first-order chi connectivity index (χ1) is 9.70. The van der Waals surface area contributed by atoms with E-state index in [-0.39, 0.29) is 0 Å². The van der Waals surface area contributed by atoms with Gasteiger partial charge in [-0.3, -0.25) is 4.57 Å². The van der Waals surface area contributed by atoms with Gasteiger partial charge in [-0.25, -0.2) is 9.67 Å². The molecule has 2 aromatic rings. The van der Waals surface area contributed by atoms with Gasteiger partial charge < -0.3 is 5.73 Å². The number of nitrogens with zero attached hydrogens (tertiary/aromatic N) is 4. The van der Waals surface area contributed by atoms with E-state index in [1.54, 1.807) is 0 Å². The Bertz CT molecular complexity index is 589. The SMILES string of the molecule is CCn1nc(C)c2nc(N)n(CCCC3CCCC3)c21. The molecular formula is C15H25N5. The zero-order valence-electron chi connectivity index (χ0n) is 12.6. The summed E-state index contributed by atoms with van der Waals surface area (Å²) >= 11 is 0. The molecule has 2 heterocycles. The van der Waals surface area contributed by atoms with E-state index in [4.69, 9.17) is 5.73 Å². The van der Waals surface area contributed by atoms with Crippen LogP contribution in [-0.2, 0) is 13.1 Å². The van der Waals surface area contributed by atoms with Crippen LogP contribution in [0.2, 0.25) is 0 Å². The fourth-order valence-electron chi connectivity index (χ4n) is 3.52. The predicted octanol–water partition coefficient (Wildman–Crippen LogP) is 3.11. The average Bonchev–Trinajstić information content (AvgIpc) is 3.11. The number of nitrogen functional groups attached to an aromatic ring is 1. The molecule has 0 saturated heterocycles. The monoisotopic (exact) mass is 275 g/mol. The van der Waals surface area contributed by atoms with Crippen LogP contribution in [0.1, 0.15) is 51.1 Å². The summed E-state index contributed by atoms with van der Waals surface area (Å²) in [5.74, 6) is 1.57. The first-order valence-corrected chi connectivity index (χ1v) is 7.89. The van der Waals surface area contributed by atoms with Crippen molar-refractivity contribution in [2.75, 3.05) is 5.73 Å². The van der Waals surface area contributed by atoms with Crippen molar-refractivity contribution in [3.05, 3.63) is 5.69 Å². The van der Waals surface area contributed by atoms with Gasteiger partial charge in [0.1, 0.15) is 5.52 Å². The lowest BCUT2D eigenvalue weighted by atomic mass is 10.0. The van der Waals surface area contributed by atoms with Gasteiger partial charge in [-0.1, -0.05) is 25.7 Å². The second-order valence-corrected chi connectivity index (χ2v) is 5.99. The fourth-order valence-corrected chi connectivity index (χ4v) is 3.52. The van der Waals surface area contributed by atoms with Gasteiger partial charge in [0.25, 0.3) is 0 Å². The van der Waals surface area contributed by atoms with Crippen LogP contribution in [0, 0.1) is 12.8 Å². The second kappa shape index (κ2) is 5.46. The number of aromatic nitrogens is 4. The lowest BCUT2D eigenvalue weighted by molar-refractivity contribution is 0.460. The molecule has 5 heteroatoms. The highest BCUT2D eigenvalue weighted by Gasteiger charge is 2.18. The molecule has 1 fully saturated rings. The third-order valence-corrected chi connectivity index (χ3v) is 4.60. The van der Waals surface area contributed by atoms with Crippen molar-refractivity contribution in [3.63, 3.8) is 0 Å². The van der Waals surface area contributed by atoms with Crippen LogP contribution < -0.4 is 5.73 Å². The molecule has 0 amide bonds. The number of anilines is 1. The van der Waals surface area contributed by atoms with Gasteiger partial charge in [0.15, 0.2) is 5.65 Å². The largest absolute Gasteiger partial charge is 0.369 e. The maximum atomic E-state index is 6.10. The number of hydrogen-bond donors (Lipinski definition) is 1. The van der Waals surface area contributed by atoms with Crippen molar-refractivity contribution >= 4 is 17.1 Å². The average molecular weight is 275 g/mol. The zero-order valence-corrected chi connectivity index (χ0v) is 12.6. The van der Waals surface area contributed by atoms with E-state index in [1.165, 1.54) is 38.5 Å². The maximum Gasteiger partial charge on any atom is 0.202 e. The van der Waals surface area contributed by atoms with E-state index in [0.29, 0.717) is 5.95 Å². The number of aryl methyl sites for hydroxylation is 3. The zero-order chi connectivity index (χ0) is 14.1. The highest BCUT2D eigenvalue weighted by atomic mass is 15.4. The summed E-state index contributed by atoms with van der Waals surface area (Å²) in [6.45, 7) is 5.93. The third-order valence-electron chi connectivity index (χ3n) is 4.60. The molecule has 2 N–H and O–H groups in total. The highest BCUT2D eigenvalue weighted by Crippen LogP contribution is 2.29. The minimum Gasteiger partial charge on any atom is -0.369 e. The molecule has 3 rings (SSSR count). The summed E-state index contributed by atoms with van der Waals surface area (Å²) in [5, 5.41) is 4.53. The third kappa shape index (κ3) is 2.30. The van der Waals surface area contributed by atoms with Crippen molar-refractivity contribution in [2.24, 2.45) is 5.92 Å². The van der Waals surface area contributed by atoms with Crippen LogP contribution in [0.3, 0.4) is 0 Å². The molecule has 0 aliphatic heterocycles. The van der Waals surface area contributed by atoms with Crippen LogP contribution >= 0.6 is 0 Å². The summed E-state index contributed by atoms with van der Waals surface area (Å²) < 4.78 is 4.16. The molecule has 0 spiro atoms. The number of rotatable bonds is 5. The first kappa shape index (κ1) is 13.5. The Kier molecular flexibility index (Phi) is 3.68. The Balaban J connectivity index is 1.77. The first-order valence-electron chi connectivity index (χ1n) is 7.89. The van der Waals surface area contributed by atoms with Crippen LogP contribution in [-0.4, -0.2) is 19.3 Å². The van der Waals surface area contributed by atoms with Gasteiger partial charge in [-0.05, 0) is 32.6 Å². The molecule has 1 aliphatic rings. The Labute approximate surface area is 120 Å². The molecule has 1 aliphatic carbocycles. The molecule has 0 radical (unpaired) electrons. The quantitative estimate of drug-likeness (QED) is 0.912. The Morgan fingerprint density at radius 2 is 2.05 bits per heavy atom.